The normalized spacial score (nSPS) is 10.9. The Morgan fingerprint density at radius 2 is 2.11 bits per heavy atom. The Morgan fingerprint density at radius 1 is 1.44 bits per heavy atom. The van der Waals surface area contributed by atoms with E-state index in [2.05, 4.69) is 28.7 Å². The van der Waals surface area contributed by atoms with Crippen molar-refractivity contribution in [3.63, 3.8) is 0 Å². The fourth-order valence-electron chi connectivity index (χ4n) is 1.97. The van der Waals surface area contributed by atoms with Crippen molar-refractivity contribution < 1.29 is 4.74 Å². The summed E-state index contributed by atoms with van der Waals surface area (Å²) in [6.45, 7) is 5.65. The summed E-state index contributed by atoms with van der Waals surface area (Å²) in [5.41, 5.74) is 6.49. The molecule has 0 aliphatic heterocycles. The molecule has 0 unspecified atom stereocenters. The Kier molecular flexibility index (Phi) is 6.15. The molecule has 6 heteroatoms. The van der Waals surface area contributed by atoms with Crippen LogP contribution in [0.4, 0.5) is 11.5 Å². The minimum Gasteiger partial charge on any atom is -0.394 e. The van der Waals surface area contributed by atoms with Gasteiger partial charge in [0, 0.05) is 19.7 Å². The van der Waals surface area contributed by atoms with E-state index in [4.69, 9.17) is 22.1 Å². The Hall–Kier alpha value is -1.07. The number of halogens is 1. The molecule has 0 aliphatic carbocycles. The summed E-state index contributed by atoms with van der Waals surface area (Å²) in [6.07, 6.45) is 3.58. The molecule has 2 N–H and O–H groups in total. The van der Waals surface area contributed by atoms with Gasteiger partial charge in [0.05, 0.1) is 18.5 Å². The Morgan fingerprint density at radius 3 is 2.67 bits per heavy atom. The van der Waals surface area contributed by atoms with Crippen molar-refractivity contribution in [2.45, 2.75) is 32.7 Å². The van der Waals surface area contributed by atoms with Gasteiger partial charge in [-0.25, -0.2) is 4.98 Å². The fraction of sp³-hybridized carbons (Fsp3) is 0.667. The van der Waals surface area contributed by atoms with E-state index < -0.39 is 0 Å². The summed E-state index contributed by atoms with van der Waals surface area (Å²) in [5.74, 6) is 0.695. The first-order valence-electron chi connectivity index (χ1n) is 6.17. The zero-order valence-electron chi connectivity index (χ0n) is 11.2. The third-order valence-corrected chi connectivity index (χ3v) is 3.14. The van der Waals surface area contributed by atoms with Crippen molar-refractivity contribution in [2.75, 3.05) is 30.9 Å². The van der Waals surface area contributed by atoms with Gasteiger partial charge in [0.25, 0.3) is 0 Å². The molecule has 1 rings (SSSR count). The lowest BCUT2D eigenvalue weighted by atomic mass is 10.1. The van der Waals surface area contributed by atoms with Gasteiger partial charge >= 0.3 is 0 Å². The summed E-state index contributed by atoms with van der Waals surface area (Å²) in [6, 6.07) is 0.369. The average Bonchev–Trinajstić information content (AvgIpc) is 2.38. The number of rotatable bonds is 7. The van der Waals surface area contributed by atoms with Crippen LogP contribution in [0.3, 0.4) is 0 Å². The molecule has 5 nitrogen and oxygen atoms in total. The van der Waals surface area contributed by atoms with Crippen LogP contribution in [0.5, 0.6) is 0 Å². The maximum atomic E-state index is 5.94. The Bertz CT molecular complexity index is 371. The Balaban J connectivity index is 3.03. The summed E-state index contributed by atoms with van der Waals surface area (Å²) >= 11 is 5.85. The highest BCUT2D eigenvalue weighted by Gasteiger charge is 2.19. The lowest BCUT2D eigenvalue weighted by molar-refractivity contribution is 0.202. The molecule has 0 spiro atoms. The maximum Gasteiger partial charge on any atom is 0.224 e. The topological polar surface area (TPSA) is 64.3 Å². The van der Waals surface area contributed by atoms with Crippen LogP contribution in [0, 0.1) is 0 Å². The van der Waals surface area contributed by atoms with E-state index in [1.165, 1.54) is 0 Å². The third-order valence-electron chi connectivity index (χ3n) is 2.96. The second-order valence-electron chi connectivity index (χ2n) is 4.07. The zero-order valence-corrected chi connectivity index (χ0v) is 11.9. The minimum atomic E-state index is 0.215. The third kappa shape index (κ3) is 3.71. The first kappa shape index (κ1) is 15.0. The van der Waals surface area contributed by atoms with Crippen LogP contribution in [-0.4, -0.2) is 36.3 Å². The van der Waals surface area contributed by atoms with Crippen LogP contribution in [0.25, 0.3) is 0 Å². The van der Waals surface area contributed by atoms with Crippen molar-refractivity contribution >= 4 is 23.1 Å². The number of nitrogen functional groups attached to an aromatic ring is 1. The van der Waals surface area contributed by atoms with E-state index in [0.717, 1.165) is 19.4 Å². The van der Waals surface area contributed by atoms with Gasteiger partial charge in [0.2, 0.25) is 5.28 Å². The smallest absolute Gasteiger partial charge is 0.224 e. The highest BCUT2D eigenvalue weighted by atomic mass is 35.5. The predicted molar refractivity (Wildman–Crippen MR) is 75.0 cm³/mol. The Labute approximate surface area is 113 Å². The maximum absolute atomic E-state index is 5.94. The molecule has 102 valence electrons. The van der Waals surface area contributed by atoms with Crippen molar-refractivity contribution in [3.05, 3.63) is 11.5 Å². The van der Waals surface area contributed by atoms with Gasteiger partial charge in [-0.05, 0) is 24.4 Å². The highest BCUT2D eigenvalue weighted by molar-refractivity contribution is 6.28. The van der Waals surface area contributed by atoms with Crippen molar-refractivity contribution in [3.8, 4) is 0 Å². The number of nitrogens with zero attached hydrogens (tertiary/aromatic N) is 3. The molecule has 0 amide bonds. The van der Waals surface area contributed by atoms with Gasteiger partial charge in [-0.3, -0.25) is 0 Å². The molecular formula is C12H21ClN4O. The van der Waals surface area contributed by atoms with Crippen LogP contribution in [0.2, 0.25) is 5.28 Å². The van der Waals surface area contributed by atoms with Crippen molar-refractivity contribution in [1.29, 1.82) is 0 Å². The van der Waals surface area contributed by atoms with E-state index in [0.29, 0.717) is 24.2 Å². The molecule has 0 fully saturated rings. The lowest BCUT2D eigenvalue weighted by Crippen LogP contribution is -2.38. The molecule has 1 heterocycles. The van der Waals surface area contributed by atoms with Gasteiger partial charge in [-0.2, -0.15) is 4.98 Å². The standard InChI is InChI=1S/C12H21ClN4O/c1-4-9(5-2)17(6-7-18-3)11-10(14)8-15-12(13)16-11/h8-9H,4-7,14H2,1-3H3. The van der Waals surface area contributed by atoms with Gasteiger partial charge in [-0.15, -0.1) is 0 Å². The van der Waals surface area contributed by atoms with Gasteiger partial charge in [-0.1, -0.05) is 13.8 Å². The van der Waals surface area contributed by atoms with E-state index in [1.807, 2.05) is 0 Å². The van der Waals surface area contributed by atoms with Gasteiger partial charge < -0.3 is 15.4 Å². The van der Waals surface area contributed by atoms with Crippen LogP contribution in [0.15, 0.2) is 6.20 Å². The number of aromatic nitrogens is 2. The number of methoxy groups -OCH3 is 1. The molecule has 0 bridgehead atoms. The first-order valence-corrected chi connectivity index (χ1v) is 6.55. The highest BCUT2D eigenvalue weighted by Crippen LogP contribution is 2.25. The van der Waals surface area contributed by atoms with Crippen LogP contribution >= 0.6 is 11.6 Å². The summed E-state index contributed by atoms with van der Waals surface area (Å²) in [5, 5.41) is 0.215. The molecule has 0 saturated carbocycles. The molecule has 0 atom stereocenters. The number of ether oxygens (including phenoxy) is 1. The molecular weight excluding hydrogens is 252 g/mol. The quantitative estimate of drug-likeness (QED) is 0.772. The van der Waals surface area contributed by atoms with Crippen molar-refractivity contribution in [1.82, 2.24) is 9.97 Å². The number of anilines is 2. The van der Waals surface area contributed by atoms with Crippen molar-refractivity contribution in [2.24, 2.45) is 0 Å². The van der Waals surface area contributed by atoms with E-state index in [9.17, 15) is 0 Å². The largest absolute Gasteiger partial charge is 0.394 e. The van der Waals surface area contributed by atoms with Crippen LogP contribution in [0.1, 0.15) is 26.7 Å². The summed E-state index contributed by atoms with van der Waals surface area (Å²) < 4.78 is 5.14. The minimum absolute atomic E-state index is 0.215. The molecule has 0 saturated heterocycles. The number of hydrogen-bond acceptors (Lipinski definition) is 5. The number of hydrogen-bond donors (Lipinski definition) is 1. The zero-order chi connectivity index (χ0) is 13.5. The molecule has 0 radical (unpaired) electrons. The van der Waals surface area contributed by atoms with Crippen LogP contribution < -0.4 is 10.6 Å². The second kappa shape index (κ2) is 7.38. The summed E-state index contributed by atoms with van der Waals surface area (Å²) in [4.78, 5) is 10.3. The van der Waals surface area contributed by atoms with E-state index in [1.54, 1.807) is 13.3 Å². The second-order valence-corrected chi connectivity index (χ2v) is 4.41. The predicted octanol–water partition coefficient (Wildman–Crippen LogP) is 2.35. The monoisotopic (exact) mass is 272 g/mol. The average molecular weight is 273 g/mol. The van der Waals surface area contributed by atoms with Gasteiger partial charge in [0.15, 0.2) is 5.82 Å². The molecule has 0 aromatic carbocycles. The fourth-order valence-corrected chi connectivity index (χ4v) is 2.10. The van der Waals surface area contributed by atoms with Gasteiger partial charge in [0.1, 0.15) is 0 Å². The van der Waals surface area contributed by atoms with Crippen LogP contribution in [-0.2, 0) is 4.74 Å². The molecule has 1 aromatic rings. The molecule has 0 aliphatic rings. The van der Waals surface area contributed by atoms with E-state index >= 15 is 0 Å². The SMILES string of the molecule is CCC(CC)N(CCOC)c1nc(Cl)ncc1N. The molecule has 18 heavy (non-hydrogen) atoms. The summed E-state index contributed by atoms with van der Waals surface area (Å²) in [7, 11) is 1.68. The lowest BCUT2D eigenvalue weighted by Gasteiger charge is -2.32. The molecule has 1 aromatic heterocycles. The first-order chi connectivity index (χ1) is 8.63. The van der Waals surface area contributed by atoms with E-state index in [-0.39, 0.29) is 5.28 Å². The number of nitrogens with two attached hydrogens (primary N) is 1.